The molecule has 0 bridgehead atoms. The quantitative estimate of drug-likeness (QED) is 0.748. The van der Waals surface area contributed by atoms with Crippen molar-refractivity contribution in [3.8, 4) is 0 Å². The van der Waals surface area contributed by atoms with Gasteiger partial charge in [-0.1, -0.05) is 11.8 Å². The molecule has 0 radical (unpaired) electrons. The van der Waals surface area contributed by atoms with Crippen LogP contribution in [0.15, 0.2) is 23.1 Å². The van der Waals surface area contributed by atoms with Gasteiger partial charge in [0.1, 0.15) is 0 Å². The number of fused-ring (bicyclic) bond motifs is 1. The fraction of sp³-hybridized carbons (Fsp3) is 0.417. The molecule has 1 aromatic rings. The summed E-state index contributed by atoms with van der Waals surface area (Å²) in [6, 6.07) is 6.17. The fourth-order valence-electron chi connectivity index (χ4n) is 1.73. The van der Waals surface area contributed by atoms with Crippen molar-refractivity contribution in [2.45, 2.75) is 24.1 Å². The number of thioether (sulfide) groups is 1. The summed E-state index contributed by atoms with van der Waals surface area (Å²) in [5.41, 5.74) is 2.16. The molecule has 4 heteroatoms. The average molecular weight is 236 g/mol. The second kappa shape index (κ2) is 4.01. The summed E-state index contributed by atoms with van der Waals surface area (Å²) in [4.78, 5) is 16.5. The molecule has 0 spiro atoms. The van der Waals surface area contributed by atoms with Gasteiger partial charge in [-0.3, -0.25) is 4.79 Å². The number of rotatable bonds is 1. The Morgan fingerprint density at radius 2 is 2.19 bits per heavy atom. The lowest BCUT2D eigenvalue weighted by molar-refractivity contribution is -0.116. The Hall–Kier alpha value is -1.16. The van der Waals surface area contributed by atoms with Crippen LogP contribution in [0.4, 0.5) is 11.4 Å². The summed E-state index contributed by atoms with van der Waals surface area (Å²) in [6.45, 7) is 3.76. The number of carbonyl (C=O) groups is 1. The highest BCUT2D eigenvalue weighted by Crippen LogP contribution is 2.43. The third-order valence-corrected chi connectivity index (χ3v) is 4.28. The average Bonchev–Trinajstić information content (AvgIpc) is 2.53. The van der Waals surface area contributed by atoms with Gasteiger partial charge in [0.05, 0.1) is 11.1 Å². The van der Waals surface area contributed by atoms with Crippen LogP contribution in [0.25, 0.3) is 0 Å². The summed E-state index contributed by atoms with van der Waals surface area (Å²) in [6.07, 6.45) is 0. The first-order valence-electron chi connectivity index (χ1n) is 5.28. The maximum Gasteiger partial charge on any atom is 0.223 e. The van der Waals surface area contributed by atoms with Gasteiger partial charge >= 0.3 is 0 Å². The Morgan fingerprint density at radius 3 is 2.81 bits per heavy atom. The third kappa shape index (κ3) is 1.78. The summed E-state index contributed by atoms with van der Waals surface area (Å²) in [5.74, 6) is 0.0568. The molecule has 1 amide bonds. The molecule has 0 aromatic heterocycles. The molecule has 0 saturated carbocycles. The molecule has 86 valence electrons. The zero-order valence-electron chi connectivity index (χ0n) is 10.0. The van der Waals surface area contributed by atoms with Gasteiger partial charge in [0.25, 0.3) is 0 Å². The van der Waals surface area contributed by atoms with Crippen LogP contribution in [-0.4, -0.2) is 25.4 Å². The summed E-state index contributed by atoms with van der Waals surface area (Å²) in [5, 5.41) is 0.466. The maximum atomic E-state index is 11.3. The van der Waals surface area contributed by atoms with Crippen molar-refractivity contribution in [3.05, 3.63) is 18.2 Å². The van der Waals surface area contributed by atoms with Crippen molar-refractivity contribution in [1.29, 1.82) is 0 Å². The van der Waals surface area contributed by atoms with Crippen molar-refractivity contribution in [1.82, 2.24) is 0 Å². The van der Waals surface area contributed by atoms with E-state index in [2.05, 4.69) is 31.0 Å². The molecular formula is C12H16N2OS. The number of hydrogen-bond donors (Lipinski definition) is 0. The molecule has 0 saturated heterocycles. The monoisotopic (exact) mass is 236 g/mol. The van der Waals surface area contributed by atoms with Crippen LogP contribution in [0.3, 0.4) is 0 Å². The molecule has 16 heavy (non-hydrogen) atoms. The largest absolute Gasteiger partial charge is 0.362 e. The van der Waals surface area contributed by atoms with Crippen LogP contribution < -0.4 is 9.80 Å². The van der Waals surface area contributed by atoms with Gasteiger partial charge in [-0.15, -0.1) is 0 Å². The van der Waals surface area contributed by atoms with Gasteiger partial charge in [-0.25, -0.2) is 0 Å². The Bertz CT molecular complexity index is 433. The molecule has 1 aromatic carbocycles. The molecule has 0 N–H and O–H groups in total. The number of carbonyl (C=O) groups excluding carboxylic acids is 1. The molecule has 1 aliphatic rings. The van der Waals surface area contributed by atoms with E-state index in [4.69, 9.17) is 0 Å². The highest BCUT2D eigenvalue weighted by atomic mass is 32.2. The predicted molar refractivity (Wildman–Crippen MR) is 69.2 cm³/mol. The highest BCUT2D eigenvalue weighted by Gasteiger charge is 2.24. The normalized spacial score (nSPS) is 18.5. The van der Waals surface area contributed by atoms with Crippen molar-refractivity contribution in [2.24, 2.45) is 0 Å². The topological polar surface area (TPSA) is 23.6 Å². The highest BCUT2D eigenvalue weighted by molar-refractivity contribution is 8.00. The molecule has 0 fully saturated rings. The molecule has 0 aliphatic carbocycles. The molecule has 1 heterocycles. The Kier molecular flexibility index (Phi) is 2.84. The van der Waals surface area contributed by atoms with Gasteiger partial charge in [-0.05, 0) is 25.1 Å². The van der Waals surface area contributed by atoms with E-state index in [0.29, 0.717) is 5.37 Å². The van der Waals surface area contributed by atoms with E-state index in [-0.39, 0.29) is 5.91 Å². The van der Waals surface area contributed by atoms with Crippen molar-refractivity contribution < 1.29 is 4.79 Å². The molecule has 2 rings (SSSR count). The van der Waals surface area contributed by atoms with Crippen molar-refractivity contribution >= 4 is 29.0 Å². The second-order valence-electron chi connectivity index (χ2n) is 4.06. The van der Waals surface area contributed by atoms with Gasteiger partial charge in [-0.2, -0.15) is 0 Å². The Labute approximate surface area is 100 Å². The third-order valence-electron chi connectivity index (χ3n) is 3.03. The van der Waals surface area contributed by atoms with E-state index >= 15 is 0 Å². The van der Waals surface area contributed by atoms with Crippen LogP contribution in [0.2, 0.25) is 0 Å². The predicted octanol–water partition coefficient (Wildman–Crippen LogP) is 2.56. The molecule has 1 unspecified atom stereocenters. The van der Waals surface area contributed by atoms with E-state index < -0.39 is 0 Å². The second-order valence-corrected chi connectivity index (χ2v) is 5.42. The summed E-state index contributed by atoms with van der Waals surface area (Å²) < 4.78 is 0. The first-order valence-corrected chi connectivity index (χ1v) is 6.16. The molecule has 1 aliphatic heterocycles. The van der Waals surface area contributed by atoms with Crippen LogP contribution in [0, 0.1) is 0 Å². The zero-order valence-corrected chi connectivity index (χ0v) is 10.8. The van der Waals surface area contributed by atoms with Crippen LogP contribution >= 0.6 is 11.8 Å². The Balaban J connectivity index is 2.37. The van der Waals surface area contributed by atoms with E-state index in [0.717, 1.165) is 5.69 Å². The first kappa shape index (κ1) is 11.3. The van der Waals surface area contributed by atoms with Gasteiger partial charge < -0.3 is 9.80 Å². The lowest BCUT2D eigenvalue weighted by Crippen LogP contribution is -2.24. The number of benzene rings is 1. The van der Waals surface area contributed by atoms with Crippen LogP contribution in [0.5, 0.6) is 0 Å². The molecule has 1 atom stereocenters. The van der Waals surface area contributed by atoms with E-state index in [1.165, 1.54) is 10.6 Å². The minimum Gasteiger partial charge on any atom is -0.362 e. The molecule has 3 nitrogen and oxygen atoms in total. The zero-order chi connectivity index (χ0) is 11.9. The number of nitrogens with zero attached hydrogens (tertiary/aromatic N) is 2. The SMILES string of the molecule is CC(=O)N(C)c1ccc2c(c1)N(C)C(C)S2. The number of hydrogen-bond acceptors (Lipinski definition) is 3. The maximum absolute atomic E-state index is 11.3. The van der Waals surface area contributed by atoms with Gasteiger partial charge in [0, 0.05) is 31.6 Å². The standard InChI is InChI=1S/C12H16N2OS/c1-8(15)13(3)10-5-6-12-11(7-10)14(4)9(2)16-12/h5-7,9H,1-4H3. The summed E-state index contributed by atoms with van der Waals surface area (Å²) in [7, 11) is 3.89. The number of anilines is 2. The van der Waals surface area contributed by atoms with Crippen LogP contribution in [-0.2, 0) is 4.79 Å². The summed E-state index contributed by atoms with van der Waals surface area (Å²) >= 11 is 1.85. The van der Waals surface area contributed by atoms with Gasteiger partial charge in [0.15, 0.2) is 0 Å². The smallest absolute Gasteiger partial charge is 0.223 e. The van der Waals surface area contributed by atoms with E-state index in [1.54, 1.807) is 18.9 Å². The number of amides is 1. The lowest BCUT2D eigenvalue weighted by atomic mass is 10.2. The minimum atomic E-state index is 0.0568. The first-order chi connectivity index (χ1) is 7.50. The lowest BCUT2D eigenvalue weighted by Gasteiger charge is -2.20. The van der Waals surface area contributed by atoms with E-state index in [1.807, 2.05) is 17.8 Å². The fourth-order valence-corrected chi connectivity index (χ4v) is 2.84. The van der Waals surface area contributed by atoms with E-state index in [9.17, 15) is 4.79 Å². The van der Waals surface area contributed by atoms with Gasteiger partial charge in [0.2, 0.25) is 5.91 Å². The minimum absolute atomic E-state index is 0.0568. The van der Waals surface area contributed by atoms with Crippen molar-refractivity contribution in [2.75, 3.05) is 23.9 Å². The van der Waals surface area contributed by atoms with Crippen molar-refractivity contribution in [3.63, 3.8) is 0 Å². The molecular weight excluding hydrogens is 220 g/mol. The Morgan fingerprint density at radius 1 is 1.50 bits per heavy atom. The van der Waals surface area contributed by atoms with Crippen LogP contribution in [0.1, 0.15) is 13.8 Å².